The standard InChI is InChI=1S/C10H10N2O5S/c1-5(9-11-6(4-18-9)10(15)16)12-7(13)2-17-3-8(12)14/h4-5H,2-3H2,1H3,(H,15,16). The molecule has 0 aliphatic carbocycles. The highest BCUT2D eigenvalue weighted by molar-refractivity contribution is 7.09. The van der Waals surface area contributed by atoms with E-state index in [0.717, 1.165) is 16.2 Å². The summed E-state index contributed by atoms with van der Waals surface area (Å²) in [6.45, 7) is 1.34. The monoisotopic (exact) mass is 270 g/mol. The summed E-state index contributed by atoms with van der Waals surface area (Å²) in [5.41, 5.74) is -0.0880. The van der Waals surface area contributed by atoms with Gasteiger partial charge >= 0.3 is 5.97 Å². The highest BCUT2D eigenvalue weighted by Gasteiger charge is 2.33. The minimum Gasteiger partial charge on any atom is -0.476 e. The maximum absolute atomic E-state index is 11.6. The number of imide groups is 1. The third kappa shape index (κ3) is 2.24. The van der Waals surface area contributed by atoms with Crippen molar-refractivity contribution in [1.29, 1.82) is 0 Å². The molecule has 1 unspecified atom stereocenters. The summed E-state index contributed by atoms with van der Waals surface area (Å²) in [5, 5.41) is 10.6. The van der Waals surface area contributed by atoms with Crippen LogP contribution in [0.4, 0.5) is 0 Å². The second kappa shape index (κ2) is 4.83. The zero-order valence-corrected chi connectivity index (χ0v) is 10.3. The van der Waals surface area contributed by atoms with Crippen molar-refractivity contribution in [1.82, 2.24) is 9.88 Å². The van der Waals surface area contributed by atoms with Crippen LogP contribution in [0, 0.1) is 0 Å². The molecule has 2 amide bonds. The number of carboxylic acids is 1. The molecular weight excluding hydrogens is 260 g/mol. The van der Waals surface area contributed by atoms with Gasteiger partial charge in [-0.3, -0.25) is 14.5 Å². The lowest BCUT2D eigenvalue weighted by Crippen LogP contribution is -2.47. The number of aromatic carboxylic acids is 1. The van der Waals surface area contributed by atoms with E-state index in [4.69, 9.17) is 9.84 Å². The fourth-order valence-corrected chi connectivity index (χ4v) is 2.46. The van der Waals surface area contributed by atoms with Gasteiger partial charge in [-0.25, -0.2) is 9.78 Å². The van der Waals surface area contributed by atoms with Crippen molar-refractivity contribution in [2.45, 2.75) is 13.0 Å². The summed E-state index contributed by atoms with van der Waals surface area (Å²) in [5.74, 6) is -2.01. The third-order valence-electron chi connectivity index (χ3n) is 2.47. The average molecular weight is 270 g/mol. The zero-order chi connectivity index (χ0) is 13.3. The summed E-state index contributed by atoms with van der Waals surface area (Å²) in [7, 11) is 0. The van der Waals surface area contributed by atoms with Crippen LogP contribution < -0.4 is 0 Å². The van der Waals surface area contributed by atoms with Gasteiger partial charge in [-0.05, 0) is 6.92 Å². The van der Waals surface area contributed by atoms with Gasteiger partial charge in [0.1, 0.15) is 18.2 Å². The molecule has 1 saturated heterocycles. The van der Waals surface area contributed by atoms with Crippen molar-refractivity contribution in [2.75, 3.05) is 13.2 Å². The number of morpholine rings is 1. The molecule has 0 saturated carbocycles. The van der Waals surface area contributed by atoms with Crippen LogP contribution in [0.2, 0.25) is 0 Å². The topological polar surface area (TPSA) is 96.8 Å². The van der Waals surface area contributed by atoms with Crippen molar-refractivity contribution in [3.8, 4) is 0 Å². The number of carbonyl (C=O) groups excluding carboxylic acids is 2. The van der Waals surface area contributed by atoms with Crippen LogP contribution in [0.25, 0.3) is 0 Å². The summed E-state index contributed by atoms with van der Waals surface area (Å²) >= 11 is 1.10. The number of hydrogen-bond acceptors (Lipinski definition) is 6. The molecule has 0 aromatic carbocycles. The number of carbonyl (C=O) groups is 3. The molecular formula is C10H10N2O5S. The first-order valence-corrected chi connectivity index (χ1v) is 6.00. The van der Waals surface area contributed by atoms with Gasteiger partial charge in [-0.15, -0.1) is 11.3 Å². The van der Waals surface area contributed by atoms with Gasteiger partial charge in [0.05, 0.1) is 6.04 Å². The van der Waals surface area contributed by atoms with Gasteiger partial charge < -0.3 is 9.84 Å². The van der Waals surface area contributed by atoms with E-state index in [9.17, 15) is 14.4 Å². The van der Waals surface area contributed by atoms with Gasteiger partial charge in [-0.2, -0.15) is 0 Å². The van der Waals surface area contributed by atoms with Crippen LogP contribution >= 0.6 is 11.3 Å². The first kappa shape index (κ1) is 12.7. The molecule has 7 nitrogen and oxygen atoms in total. The van der Waals surface area contributed by atoms with Crippen LogP contribution in [0.5, 0.6) is 0 Å². The molecule has 1 aromatic heterocycles. The Labute approximate surface area is 106 Å². The molecule has 18 heavy (non-hydrogen) atoms. The summed E-state index contributed by atoms with van der Waals surface area (Å²) in [4.78, 5) is 38.9. The highest BCUT2D eigenvalue weighted by atomic mass is 32.1. The van der Waals surface area contributed by atoms with E-state index in [0.29, 0.717) is 5.01 Å². The molecule has 2 heterocycles. The van der Waals surface area contributed by atoms with Gasteiger partial charge in [-0.1, -0.05) is 0 Å². The highest BCUT2D eigenvalue weighted by Crippen LogP contribution is 2.25. The fraction of sp³-hybridized carbons (Fsp3) is 0.400. The Hall–Kier alpha value is -1.80. The fourth-order valence-electron chi connectivity index (χ4n) is 1.62. The molecule has 1 atom stereocenters. The Bertz CT molecular complexity index is 496. The van der Waals surface area contributed by atoms with Crippen molar-refractivity contribution in [3.05, 3.63) is 16.1 Å². The van der Waals surface area contributed by atoms with E-state index in [1.807, 2.05) is 0 Å². The van der Waals surface area contributed by atoms with Crippen molar-refractivity contribution in [2.24, 2.45) is 0 Å². The van der Waals surface area contributed by atoms with E-state index >= 15 is 0 Å². The zero-order valence-electron chi connectivity index (χ0n) is 9.45. The molecule has 0 spiro atoms. The maximum atomic E-state index is 11.6. The Morgan fingerprint density at radius 1 is 1.50 bits per heavy atom. The predicted octanol–water partition coefficient (Wildman–Crippen LogP) is 0.288. The van der Waals surface area contributed by atoms with E-state index in [1.54, 1.807) is 6.92 Å². The van der Waals surface area contributed by atoms with Crippen LogP contribution in [0.15, 0.2) is 5.38 Å². The maximum Gasteiger partial charge on any atom is 0.355 e. The Balaban J connectivity index is 2.23. The van der Waals surface area contributed by atoms with Crippen LogP contribution in [0.3, 0.4) is 0 Å². The first-order valence-electron chi connectivity index (χ1n) is 5.12. The number of hydrogen-bond donors (Lipinski definition) is 1. The Morgan fingerprint density at radius 3 is 2.61 bits per heavy atom. The van der Waals surface area contributed by atoms with Crippen LogP contribution in [-0.4, -0.2) is 46.0 Å². The van der Waals surface area contributed by atoms with Gasteiger partial charge in [0.15, 0.2) is 5.69 Å². The van der Waals surface area contributed by atoms with Crippen molar-refractivity contribution < 1.29 is 24.2 Å². The molecule has 1 aliphatic rings. The second-order valence-electron chi connectivity index (χ2n) is 3.70. The number of amides is 2. The number of aromatic nitrogens is 1. The Morgan fingerprint density at radius 2 is 2.11 bits per heavy atom. The molecule has 0 bridgehead atoms. The minimum absolute atomic E-state index is 0.0880. The second-order valence-corrected chi connectivity index (χ2v) is 4.59. The van der Waals surface area contributed by atoms with Crippen molar-refractivity contribution in [3.63, 3.8) is 0 Å². The lowest BCUT2D eigenvalue weighted by molar-refractivity contribution is -0.161. The number of carboxylic acid groups (broad SMARTS) is 1. The smallest absolute Gasteiger partial charge is 0.355 e. The Kier molecular flexibility index (Phi) is 3.39. The number of rotatable bonds is 3. The lowest BCUT2D eigenvalue weighted by Gasteiger charge is -2.29. The van der Waals surface area contributed by atoms with Gasteiger partial charge in [0.25, 0.3) is 11.8 Å². The van der Waals surface area contributed by atoms with Crippen molar-refractivity contribution >= 4 is 29.1 Å². The molecule has 1 aromatic rings. The lowest BCUT2D eigenvalue weighted by atomic mass is 10.2. The predicted molar refractivity (Wildman–Crippen MR) is 60.2 cm³/mol. The normalized spacial score (nSPS) is 17.9. The summed E-state index contributed by atoms with van der Waals surface area (Å²) < 4.78 is 4.80. The van der Waals surface area contributed by atoms with E-state index in [-0.39, 0.29) is 18.9 Å². The molecule has 8 heteroatoms. The van der Waals surface area contributed by atoms with Crippen LogP contribution in [-0.2, 0) is 14.3 Å². The minimum atomic E-state index is -1.13. The molecule has 2 rings (SSSR count). The quantitative estimate of drug-likeness (QED) is 0.793. The largest absolute Gasteiger partial charge is 0.476 e. The first-order chi connectivity index (χ1) is 8.50. The number of nitrogens with zero attached hydrogens (tertiary/aromatic N) is 2. The van der Waals surface area contributed by atoms with Gasteiger partial charge in [0, 0.05) is 5.38 Å². The SMILES string of the molecule is CC(c1nc(C(=O)O)cs1)N1C(=O)COCC1=O. The number of ether oxygens (including phenoxy) is 1. The average Bonchev–Trinajstić information content (AvgIpc) is 2.77. The summed E-state index contributed by atoms with van der Waals surface area (Å²) in [6, 6.07) is -0.577. The van der Waals surface area contributed by atoms with E-state index < -0.39 is 23.8 Å². The molecule has 1 N–H and O–H groups in total. The van der Waals surface area contributed by atoms with Gasteiger partial charge in [0.2, 0.25) is 0 Å². The molecule has 1 aliphatic heterocycles. The third-order valence-corrected chi connectivity index (χ3v) is 3.49. The number of thiazole rings is 1. The van der Waals surface area contributed by atoms with E-state index in [2.05, 4.69) is 4.98 Å². The molecule has 1 fully saturated rings. The van der Waals surface area contributed by atoms with E-state index in [1.165, 1.54) is 5.38 Å². The summed E-state index contributed by atoms with van der Waals surface area (Å²) in [6.07, 6.45) is 0. The van der Waals surface area contributed by atoms with Crippen LogP contribution in [0.1, 0.15) is 28.5 Å². The molecule has 0 radical (unpaired) electrons. The molecule has 96 valence electrons.